The molecule has 0 bridgehead atoms. The molecule has 0 aromatic heterocycles. The Morgan fingerprint density at radius 2 is 1.92 bits per heavy atom. The van der Waals surface area contributed by atoms with Crippen molar-refractivity contribution >= 4 is 12.6 Å². The van der Waals surface area contributed by atoms with E-state index in [2.05, 4.69) is 12.6 Å². The second kappa shape index (κ2) is 3.44. The van der Waals surface area contributed by atoms with E-state index in [1.807, 2.05) is 0 Å². The third-order valence-corrected chi connectivity index (χ3v) is 2.08. The van der Waals surface area contributed by atoms with Crippen LogP contribution in [0.4, 0.5) is 8.78 Å². The third-order valence-electron chi connectivity index (χ3n) is 1.80. The van der Waals surface area contributed by atoms with Gasteiger partial charge in [0.05, 0.1) is 0 Å². The van der Waals surface area contributed by atoms with E-state index in [9.17, 15) is 8.78 Å². The Labute approximate surface area is 76.0 Å². The first-order valence-corrected chi connectivity index (χ1v) is 4.18. The number of hydrogen-bond donors (Lipinski definition) is 1. The Balaban J connectivity index is 3.27. The summed E-state index contributed by atoms with van der Waals surface area (Å²) in [5, 5.41) is -0.204. The van der Waals surface area contributed by atoms with Crippen LogP contribution in [0.2, 0.25) is 0 Å². The molecule has 1 aromatic carbocycles. The highest BCUT2D eigenvalue weighted by molar-refractivity contribution is 7.80. The van der Waals surface area contributed by atoms with Crippen LogP contribution in [0, 0.1) is 18.6 Å². The van der Waals surface area contributed by atoms with E-state index in [1.54, 1.807) is 6.92 Å². The molecule has 0 N–H and O–H groups in total. The van der Waals surface area contributed by atoms with E-state index < -0.39 is 11.6 Å². The quantitative estimate of drug-likeness (QED) is 0.642. The van der Waals surface area contributed by atoms with Crippen molar-refractivity contribution in [2.24, 2.45) is 0 Å². The van der Waals surface area contributed by atoms with Crippen LogP contribution in [0.25, 0.3) is 0 Å². The lowest BCUT2D eigenvalue weighted by molar-refractivity contribution is 0.558. The van der Waals surface area contributed by atoms with E-state index in [0.29, 0.717) is 5.56 Å². The van der Waals surface area contributed by atoms with E-state index >= 15 is 0 Å². The van der Waals surface area contributed by atoms with E-state index in [4.69, 9.17) is 0 Å². The fourth-order valence-corrected chi connectivity index (χ4v) is 1.20. The topological polar surface area (TPSA) is 0 Å². The SMILES string of the molecule is Cc1c(F)ccc(C(C)S)c1F. The summed E-state index contributed by atoms with van der Waals surface area (Å²) >= 11 is 4.08. The monoisotopic (exact) mass is 188 g/mol. The molecule has 0 radical (unpaired) electrons. The maximum absolute atomic E-state index is 13.2. The van der Waals surface area contributed by atoms with Crippen molar-refractivity contribution < 1.29 is 8.78 Å². The lowest BCUT2D eigenvalue weighted by atomic mass is 10.1. The van der Waals surface area contributed by atoms with Crippen molar-refractivity contribution in [2.45, 2.75) is 19.1 Å². The van der Waals surface area contributed by atoms with Crippen LogP contribution < -0.4 is 0 Å². The molecule has 0 aliphatic rings. The molecular weight excluding hydrogens is 178 g/mol. The van der Waals surface area contributed by atoms with Gasteiger partial charge in [0, 0.05) is 16.4 Å². The Morgan fingerprint density at radius 3 is 2.42 bits per heavy atom. The minimum absolute atomic E-state index is 0.0633. The molecule has 66 valence electrons. The zero-order valence-electron chi connectivity index (χ0n) is 6.94. The first-order valence-electron chi connectivity index (χ1n) is 3.66. The van der Waals surface area contributed by atoms with Gasteiger partial charge in [0.2, 0.25) is 0 Å². The summed E-state index contributed by atoms with van der Waals surface area (Å²) in [7, 11) is 0. The summed E-state index contributed by atoms with van der Waals surface area (Å²) in [6.07, 6.45) is 0. The molecule has 0 aliphatic heterocycles. The lowest BCUT2D eigenvalue weighted by Gasteiger charge is -2.08. The van der Waals surface area contributed by atoms with Crippen molar-refractivity contribution in [2.75, 3.05) is 0 Å². The normalized spacial score (nSPS) is 13.1. The van der Waals surface area contributed by atoms with Gasteiger partial charge in [0.25, 0.3) is 0 Å². The second-order valence-corrected chi connectivity index (χ2v) is 3.53. The Hall–Kier alpha value is -0.570. The second-order valence-electron chi connectivity index (χ2n) is 2.75. The average Bonchev–Trinajstić information content (AvgIpc) is 2.00. The molecule has 1 atom stereocenters. The van der Waals surface area contributed by atoms with Crippen LogP contribution in [-0.2, 0) is 0 Å². The van der Waals surface area contributed by atoms with Gasteiger partial charge in [-0.2, -0.15) is 12.6 Å². The fourth-order valence-electron chi connectivity index (χ4n) is 1.01. The van der Waals surface area contributed by atoms with Crippen LogP contribution in [-0.4, -0.2) is 0 Å². The van der Waals surface area contributed by atoms with Gasteiger partial charge in [0.1, 0.15) is 11.6 Å². The third kappa shape index (κ3) is 1.61. The number of halogens is 2. The summed E-state index contributed by atoms with van der Waals surface area (Å²) in [5.74, 6) is -0.997. The summed E-state index contributed by atoms with van der Waals surface area (Å²) in [5.41, 5.74) is 0.505. The number of rotatable bonds is 1. The van der Waals surface area contributed by atoms with Crippen LogP contribution in [0.5, 0.6) is 0 Å². The maximum atomic E-state index is 13.2. The summed E-state index contributed by atoms with van der Waals surface area (Å²) in [6.45, 7) is 3.17. The lowest BCUT2D eigenvalue weighted by Crippen LogP contribution is -1.96. The molecular formula is C9H10F2S. The van der Waals surface area contributed by atoms with Gasteiger partial charge in [-0.25, -0.2) is 8.78 Å². The summed E-state index contributed by atoms with van der Waals surface area (Å²) < 4.78 is 26.0. The Kier molecular flexibility index (Phi) is 2.73. The number of hydrogen-bond acceptors (Lipinski definition) is 1. The fraction of sp³-hybridized carbons (Fsp3) is 0.333. The van der Waals surface area contributed by atoms with Gasteiger partial charge in [0.15, 0.2) is 0 Å². The van der Waals surface area contributed by atoms with E-state index in [0.717, 1.165) is 0 Å². The highest BCUT2D eigenvalue weighted by Crippen LogP contribution is 2.25. The predicted molar refractivity (Wildman–Crippen MR) is 48.5 cm³/mol. The molecule has 12 heavy (non-hydrogen) atoms. The molecule has 0 nitrogen and oxygen atoms in total. The van der Waals surface area contributed by atoms with Crippen molar-refractivity contribution in [1.82, 2.24) is 0 Å². The van der Waals surface area contributed by atoms with Gasteiger partial charge in [-0.1, -0.05) is 6.07 Å². The van der Waals surface area contributed by atoms with Crippen molar-refractivity contribution in [3.63, 3.8) is 0 Å². The average molecular weight is 188 g/mol. The Morgan fingerprint density at radius 1 is 1.33 bits per heavy atom. The summed E-state index contributed by atoms with van der Waals surface area (Å²) in [6, 6.07) is 2.69. The highest BCUT2D eigenvalue weighted by Gasteiger charge is 2.11. The van der Waals surface area contributed by atoms with Gasteiger partial charge >= 0.3 is 0 Å². The van der Waals surface area contributed by atoms with Crippen LogP contribution in [0.3, 0.4) is 0 Å². The first kappa shape index (κ1) is 9.52. The summed E-state index contributed by atoms with van der Waals surface area (Å²) in [4.78, 5) is 0. The smallest absolute Gasteiger partial charge is 0.133 e. The molecule has 1 unspecified atom stereocenters. The van der Waals surface area contributed by atoms with Crippen LogP contribution in [0.15, 0.2) is 12.1 Å². The molecule has 0 fully saturated rings. The first-order chi connectivity index (χ1) is 5.54. The molecule has 1 rings (SSSR count). The van der Waals surface area contributed by atoms with Gasteiger partial charge in [-0.3, -0.25) is 0 Å². The zero-order chi connectivity index (χ0) is 9.30. The van der Waals surface area contributed by atoms with Crippen molar-refractivity contribution in [3.05, 3.63) is 34.9 Å². The number of thiol groups is 1. The van der Waals surface area contributed by atoms with Crippen LogP contribution in [0.1, 0.15) is 23.3 Å². The van der Waals surface area contributed by atoms with Gasteiger partial charge in [-0.15, -0.1) is 0 Å². The zero-order valence-corrected chi connectivity index (χ0v) is 7.83. The predicted octanol–water partition coefficient (Wildman–Crippen LogP) is 3.26. The molecule has 0 spiro atoms. The standard InChI is InChI=1S/C9H10F2S/c1-5-8(10)4-3-7(6(2)12)9(5)11/h3-4,6,12H,1-2H3. The number of benzene rings is 1. The Bertz CT molecular complexity index is 295. The van der Waals surface area contributed by atoms with E-state index in [1.165, 1.54) is 19.1 Å². The molecule has 0 amide bonds. The molecule has 0 aliphatic carbocycles. The maximum Gasteiger partial charge on any atom is 0.133 e. The molecule has 0 saturated carbocycles. The molecule has 0 heterocycles. The minimum atomic E-state index is -0.509. The van der Waals surface area contributed by atoms with Crippen molar-refractivity contribution in [3.8, 4) is 0 Å². The van der Waals surface area contributed by atoms with Gasteiger partial charge < -0.3 is 0 Å². The molecule has 0 saturated heterocycles. The highest BCUT2D eigenvalue weighted by atomic mass is 32.1. The van der Waals surface area contributed by atoms with Crippen molar-refractivity contribution in [1.29, 1.82) is 0 Å². The largest absolute Gasteiger partial charge is 0.207 e. The van der Waals surface area contributed by atoms with E-state index in [-0.39, 0.29) is 10.8 Å². The minimum Gasteiger partial charge on any atom is -0.207 e. The molecule has 3 heteroatoms. The van der Waals surface area contributed by atoms with Crippen LogP contribution >= 0.6 is 12.6 Å². The van der Waals surface area contributed by atoms with Gasteiger partial charge in [-0.05, 0) is 19.9 Å². The molecule has 1 aromatic rings.